The monoisotopic (exact) mass is 297 g/mol. The molecule has 0 aliphatic carbocycles. The summed E-state index contributed by atoms with van der Waals surface area (Å²) in [6.07, 6.45) is 0. The van der Waals surface area contributed by atoms with E-state index in [0.717, 1.165) is 20.5 Å². The molecule has 1 aromatic carbocycles. The Labute approximate surface area is 107 Å². The molecule has 0 aliphatic rings. The highest BCUT2D eigenvalue weighted by molar-refractivity contribution is 9.10. The number of phenolic OH excluding ortho intramolecular Hbond substituents is 1. The summed E-state index contributed by atoms with van der Waals surface area (Å²) in [4.78, 5) is 1.04. The number of thiophene rings is 1. The molecule has 16 heavy (non-hydrogen) atoms. The molecule has 0 saturated carbocycles. The number of rotatable bonds is 2. The minimum Gasteiger partial charge on any atom is -0.507 e. The molecule has 1 atom stereocenters. The number of hydrogen-bond donors (Lipinski definition) is 2. The predicted octanol–water partition coefficient (Wildman–Crippen LogP) is 3.57. The fraction of sp³-hybridized carbons (Fsp3) is 0.167. The summed E-state index contributed by atoms with van der Waals surface area (Å²) in [6.45, 7) is 1.87. The fourth-order valence-corrected chi connectivity index (χ4v) is 2.90. The van der Waals surface area contributed by atoms with Gasteiger partial charge in [-0.05, 0) is 30.0 Å². The summed E-state index contributed by atoms with van der Waals surface area (Å²) in [5.41, 5.74) is 7.74. The van der Waals surface area contributed by atoms with Crippen molar-refractivity contribution in [2.45, 2.75) is 13.0 Å². The maximum Gasteiger partial charge on any atom is 0.124 e. The molecule has 0 fully saturated rings. The molecule has 1 aromatic heterocycles. The molecule has 2 rings (SSSR count). The van der Waals surface area contributed by atoms with Crippen LogP contribution in [0.2, 0.25) is 0 Å². The maximum absolute atomic E-state index is 10.0. The van der Waals surface area contributed by atoms with Gasteiger partial charge in [-0.3, -0.25) is 0 Å². The minimum atomic E-state index is -0.283. The molecule has 1 heterocycles. The second-order valence-electron chi connectivity index (χ2n) is 3.62. The van der Waals surface area contributed by atoms with Gasteiger partial charge in [-0.25, -0.2) is 0 Å². The van der Waals surface area contributed by atoms with Crippen molar-refractivity contribution in [3.8, 4) is 5.75 Å². The van der Waals surface area contributed by atoms with E-state index in [1.54, 1.807) is 11.3 Å². The van der Waals surface area contributed by atoms with Crippen molar-refractivity contribution >= 4 is 27.3 Å². The van der Waals surface area contributed by atoms with Gasteiger partial charge < -0.3 is 10.8 Å². The van der Waals surface area contributed by atoms with Crippen LogP contribution in [0.15, 0.2) is 34.1 Å². The highest BCUT2D eigenvalue weighted by Crippen LogP contribution is 2.37. The Morgan fingerprint density at radius 2 is 2.12 bits per heavy atom. The molecule has 0 unspecified atom stereocenters. The van der Waals surface area contributed by atoms with Crippen LogP contribution in [0.5, 0.6) is 5.75 Å². The first-order chi connectivity index (χ1) is 7.61. The lowest BCUT2D eigenvalue weighted by Crippen LogP contribution is -2.11. The number of hydrogen-bond acceptors (Lipinski definition) is 3. The van der Waals surface area contributed by atoms with Crippen LogP contribution in [-0.4, -0.2) is 5.11 Å². The number of benzene rings is 1. The highest BCUT2D eigenvalue weighted by atomic mass is 79.9. The summed E-state index contributed by atoms with van der Waals surface area (Å²) in [7, 11) is 0. The van der Waals surface area contributed by atoms with Crippen LogP contribution < -0.4 is 5.73 Å². The summed E-state index contributed by atoms with van der Waals surface area (Å²) in [5.74, 6) is 0.273. The lowest BCUT2D eigenvalue weighted by atomic mass is 10.0. The van der Waals surface area contributed by atoms with E-state index in [2.05, 4.69) is 15.9 Å². The number of aromatic hydroxyl groups is 1. The Hall–Kier alpha value is -0.840. The van der Waals surface area contributed by atoms with Crippen LogP contribution in [0.3, 0.4) is 0 Å². The Morgan fingerprint density at radius 1 is 1.38 bits per heavy atom. The molecular formula is C12H12BrNOS. The van der Waals surface area contributed by atoms with E-state index in [0.29, 0.717) is 0 Å². The van der Waals surface area contributed by atoms with Crippen molar-refractivity contribution in [2.24, 2.45) is 5.73 Å². The van der Waals surface area contributed by atoms with Gasteiger partial charge in [0.2, 0.25) is 0 Å². The molecule has 2 nitrogen and oxygen atoms in total. The van der Waals surface area contributed by atoms with E-state index in [1.165, 1.54) is 0 Å². The molecule has 0 spiro atoms. The Morgan fingerprint density at radius 3 is 2.75 bits per heavy atom. The molecule has 0 radical (unpaired) electrons. The van der Waals surface area contributed by atoms with Gasteiger partial charge in [-0.2, -0.15) is 0 Å². The predicted molar refractivity (Wildman–Crippen MR) is 70.9 cm³/mol. The van der Waals surface area contributed by atoms with E-state index in [-0.39, 0.29) is 11.8 Å². The van der Waals surface area contributed by atoms with E-state index >= 15 is 0 Å². The molecule has 0 amide bonds. The first kappa shape index (κ1) is 11.6. The average Bonchev–Trinajstić information content (AvgIpc) is 2.77. The molecular weight excluding hydrogens is 286 g/mol. The van der Waals surface area contributed by atoms with E-state index in [9.17, 15) is 5.11 Å². The van der Waals surface area contributed by atoms with Gasteiger partial charge in [-0.15, -0.1) is 11.3 Å². The van der Waals surface area contributed by atoms with Gasteiger partial charge in [0.25, 0.3) is 0 Å². The van der Waals surface area contributed by atoms with Gasteiger partial charge in [0.15, 0.2) is 0 Å². The standard InChI is InChI=1S/C12H12BrNOS/c1-7-4-5-8(13)10(12(7)15)11(14)9-3-2-6-16-9/h2-6,11,15H,14H2,1H3/t11-/m1/s1. The third-order valence-electron chi connectivity index (χ3n) is 2.53. The highest BCUT2D eigenvalue weighted by Gasteiger charge is 2.18. The van der Waals surface area contributed by atoms with Crippen molar-refractivity contribution in [1.82, 2.24) is 0 Å². The van der Waals surface area contributed by atoms with Gasteiger partial charge in [0.1, 0.15) is 5.75 Å². The second-order valence-corrected chi connectivity index (χ2v) is 5.45. The normalized spacial score (nSPS) is 12.7. The van der Waals surface area contributed by atoms with E-state index in [1.807, 2.05) is 36.6 Å². The van der Waals surface area contributed by atoms with Crippen molar-refractivity contribution in [2.75, 3.05) is 0 Å². The third-order valence-corrected chi connectivity index (χ3v) is 4.17. The summed E-state index contributed by atoms with van der Waals surface area (Å²) in [5, 5.41) is 12.0. The van der Waals surface area contributed by atoms with Crippen molar-refractivity contribution < 1.29 is 5.11 Å². The van der Waals surface area contributed by atoms with Crippen LogP contribution in [0.1, 0.15) is 22.0 Å². The summed E-state index contributed by atoms with van der Waals surface area (Å²) < 4.78 is 0.844. The van der Waals surface area contributed by atoms with Gasteiger partial charge in [0, 0.05) is 14.9 Å². The van der Waals surface area contributed by atoms with E-state index < -0.39 is 0 Å². The largest absolute Gasteiger partial charge is 0.507 e. The topological polar surface area (TPSA) is 46.2 Å². The Balaban J connectivity index is 2.52. The number of phenols is 1. The second kappa shape index (κ2) is 4.57. The van der Waals surface area contributed by atoms with Crippen molar-refractivity contribution in [1.29, 1.82) is 0 Å². The summed E-state index contributed by atoms with van der Waals surface area (Å²) >= 11 is 5.02. The number of halogens is 1. The zero-order valence-electron chi connectivity index (χ0n) is 8.77. The van der Waals surface area contributed by atoms with E-state index in [4.69, 9.17) is 5.73 Å². The van der Waals surface area contributed by atoms with Gasteiger partial charge in [0.05, 0.1) is 6.04 Å². The first-order valence-corrected chi connectivity index (χ1v) is 6.55. The smallest absolute Gasteiger partial charge is 0.124 e. The maximum atomic E-state index is 10.0. The van der Waals surface area contributed by atoms with Crippen LogP contribution in [0.25, 0.3) is 0 Å². The third kappa shape index (κ3) is 2.00. The SMILES string of the molecule is Cc1ccc(Br)c([C@H](N)c2cccs2)c1O. The molecule has 84 valence electrons. The molecule has 3 N–H and O–H groups in total. The Kier molecular flexibility index (Phi) is 3.33. The zero-order valence-corrected chi connectivity index (χ0v) is 11.2. The van der Waals surface area contributed by atoms with Gasteiger partial charge >= 0.3 is 0 Å². The average molecular weight is 298 g/mol. The van der Waals surface area contributed by atoms with Gasteiger partial charge in [-0.1, -0.05) is 28.1 Å². The molecule has 0 bridgehead atoms. The van der Waals surface area contributed by atoms with Crippen LogP contribution in [-0.2, 0) is 0 Å². The number of nitrogens with two attached hydrogens (primary N) is 1. The zero-order chi connectivity index (χ0) is 11.7. The van der Waals surface area contributed by atoms with Crippen LogP contribution in [0, 0.1) is 6.92 Å². The molecule has 2 aromatic rings. The Bertz CT molecular complexity index is 496. The van der Waals surface area contributed by atoms with Crippen LogP contribution >= 0.6 is 27.3 Å². The first-order valence-electron chi connectivity index (χ1n) is 4.88. The minimum absolute atomic E-state index is 0.273. The van der Waals surface area contributed by atoms with Crippen molar-refractivity contribution in [3.63, 3.8) is 0 Å². The fourth-order valence-electron chi connectivity index (χ4n) is 1.60. The number of aryl methyl sites for hydroxylation is 1. The lowest BCUT2D eigenvalue weighted by Gasteiger charge is -2.15. The van der Waals surface area contributed by atoms with Crippen LogP contribution in [0.4, 0.5) is 0 Å². The molecule has 4 heteroatoms. The molecule has 0 aliphatic heterocycles. The summed E-state index contributed by atoms with van der Waals surface area (Å²) in [6, 6.07) is 7.43. The van der Waals surface area contributed by atoms with Crippen molar-refractivity contribution in [3.05, 3.63) is 50.1 Å². The molecule has 0 saturated heterocycles. The quantitative estimate of drug-likeness (QED) is 0.890. The lowest BCUT2D eigenvalue weighted by molar-refractivity contribution is 0.460.